The van der Waals surface area contributed by atoms with E-state index >= 15 is 0 Å². The first-order valence-corrected chi connectivity index (χ1v) is 6.57. The van der Waals surface area contributed by atoms with E-state index < -0.39 is 33.8 Å². The van der Waals surface area contributed by atoms with Crippen molar-refractivity contribution in [3.8, 4) is 0 Å². The van der Waals surface area contributed by atoms with Gasteiger partial charge in [-0.3, -0.25) is 14.9 Å². The Hall–Kier alpha value is -3.50. The predicted molar refractivity (Wildman–Crippen MR) is 82.6 cm³/mol. The largest absolute Gasteiger partial charge is 0.416 e. The van der Waals surface area contributed by atoms with Crippen LogP contribution in [0.4, 0.5) is 30.4 Å². The molecule has 8 nitrogen and oxygen atoms in total. The number of hydrogen-bond donors (Lipinski definition) is 3. The summed E-state index contributed by atoms with van der Waals surface area (Å²) in [5.41, 5.74) is 2.84. The molecule has 0 saturated carbocycles. The molecule has 0 spiro atoms. The molecule has 1 aromatic carbocycles. The summed E-state index contributed by atoms with van der Waals surface area (Å²) in [4.78, 5) is 25.9. The maximum atomic E-state index is 12.7. The van der Waals surface area contributed by atoms with Crippen LogP contribution in [0.15, 0.2) is 30.5 Å². The number of carbonyl (C=O) groups is 1. The lowest BCUT2D eigenvalue weighted by Crippen LogP contribution is -2.17. The summed E-state index contributed by atoms with van der Waals surface area (Å²) in [7, 11) is 0. The highest BCUT2D eigenvalue weighted by atomic mass is 19.4. The Kier molecular flexibility index (Phi) is 4.68. The number of alkyl halides is 3. The fourth-order valence-electron chi connectivity index (χ4n) is 1.99. The minimum Gasteiger partial charge on any atom is -0.383 e. The van der Waals surface area contributed by atoms with Crippen molar-refractivity contribution in [3.63, 3.8) is 0 Å². The third-order valence-corrected chi connectivity index (χ3v) is 3.18. The number of nitro benzene ring substituents is 1. The average molecular weight is 353 g/mol. The Balaban J connectivity index is 2.45. The lowest BCUT2D eigenvalue weighted by Gasteiger charge is -2.11. The Morgan fingerprint density at radius 3 is 2.60 bits per heavy atom. The van der Waals surface area contributed by atoms with Crippen LogP contribution in [0.2, 0.25) is 0 Å². The molecule has 130 valence electrons. The number of nitro groups is 1. The minimum absolute atomic E-state index is 0.0432. The third-order valence-electron chi connectivity index (χ3n) is 3.18. The molecule has 0 unspecified atom stereocenters. The molecular weight excluding hydrogens is 343 g/mol. The van der Waals surface area contributed by atoms with Gasteiger partial charge in [-0.2, -0.15) is 13.2 Å². The molecule has 0 fully saturated rings. The molecule has 25 heavy (non-hydrogen) atoms. The second-order valence-corrected chi connectivity index (χ2v) is 4.74. The van der Waals surface area contributed by atoms with Gasteiger partial charge in [-0.25, -0.2) is 4.98 Å². The summed E-state index contributed by atoms with van der Waals surface area (Å²) < 4.78 is 38.1. The first-order chi connectivity index (χ1) is 11.6. The lowest BCUT2D eigenvalue weighted by molar-refractivity contribution is -0.385. The number of nitrogens with two attached hydrogens (primary N) is 1. The first kappa shape index (κ1) is 17.8. The van der Waals surface area contributed by atoms with Crippen LogP contribution >= 0.6 is 0 Å². The SMILES string of the molecule is N=Cc1c(NC(=O)c2ccc(C(F)(F)F)cc2[N+](=O)[O-])ccnc1N. The lowest BCUT2D eigenvalue weighted by atomic mass is 10.1. The van der Waals surface area contributed by atoms with Crippen molar-refractivity contribution >= 4 is 29.3 Å². The highest BCUT2D eigenvalue weighted by molar-refractivity contribution is 6.09. The second kappa shape index (κ2) is 6.55. The fraction of sp³-hybridized carbons (Fsp3) is 0.0714. The van der Waals surface area contributed by atoms with Crippen LogP contribution in [0, 0.1) is 15.5 Å². The number of benzene rings is 1. The fourth-order valence-corrected chi connectivity index (χ4v) is 1.99. The molecule has 0 aliphatic rings. The summed E-state index contributed by atoms with van der Waals surface area (Å²) in [5, 5.41) is 20.6. The summed E-state index contributed by atoms with van der Waals surface area (Å²) in [6.45, 7) is 0. The highest BCUT2D eigenvalue weighted by Crippen LogP contribution is 2.33. The molecule has 1 heterocycles. The van der Waals surface area contributed by atoms with Crippen molar-refractivity contribution in [1.82, 2.24) is 4.98 Å². The van der Waals surface area contributed by atoms with Crippen LogP contribution in [0.3, 0.4) is 0 Å². The van der Waals surface area contributed by atoms with E-state index in [-0.39, 0.29) is 23.1 Å². The van der Waals surface area contributed by atoms with Crippen molar-refractivity contribution in [1.29, 1.82) is 5.41 Å². The topological polar surface area (TPSA) is 135 Å². The molecule has 0 bridgehead atoms. The molecule has 2 aromatic rings. The molecule has 1 amide bonds. The van der Waals surface area contributed by atoms with E-state index in [2.05, 4.69) is 10.3 Å². The number of aromatic nitrogens is 1. The number of pyridine rings is 1. The van der Waals surface area contributed by atoms with Gasteiger partial charge in [-0.15, -0.1) is 0 Å². The summed E-state index contributed by atoms with van der Waals surface area (Å²) in [6, 6.07) is 2.86. The second-order valence-electron chi connectivity index (χ2n) is 4.74. The molecule has 0 saturated heterocycles. The van der Waals surface area contributed by atoms with Gasteiger partial charge in [0.15, 0.2) is 0 Å². The number of hydrogen-bond acceptors (Lipinski definition) is 6. The van der Waals surface area contributed by atoms with Gasteiger partial charge in [-0.1, -0.05) is 0 Å². The Bertz CT molecular complexity index is 867. The minimum atomic E-state index is -4.79. The quantitative estimate of drug-likeness (QED) is 0.441. The maximum absolute atomic E-state index is 12.7. The van der Waals surface area contributed by atoms with Gasteiger partial charge in [-0.05, 0) is 18.2 Å². The van der Waals surface area contributed by atoms with E-state index in [1.54, 1.807) is 0 Å². The summed E-state index contributed by atoms with van der Waals surface area (Å²) in [5.74, 6) is -1.08. The first-order valence-electron chi connectivity index (χ1n) is 6.57. The number of rotatable bonds is 4. The number of halogens is 3. The summed E-state index contributed by atoms with van der Waals surface area (Å²) >= 11 is 0. The molecule has 2 rings (SSSR count). The summed E-state index contributed by atoms with van der Waals surface area (Å²) in [6.07, 6.45) is -2.73. The van der Waals surface area contributed by atoms with Crippen LogP contribution in [-0.4, -0.2) is 22.0 Å². The van der Waals surface area contributed by atoms with E-state index in [0.29, 0.717) is 12.1 Å². The van der Waals surface area contributed by atoms with Crippen molar-refractivity contribution in [3.05, 3.63) is 57.3 Å². The van der Waals surface area contributed by atoms with Crippen LogP contribution in [0.25, 0.3) is 0 Å². The molecular formula is C14H10F3N5O3. The van der Waals surface area contributed by atoms with Crippen LogP contribution in [0.1, 0.15) is 21.5 Å². The standard InChI is InChI=1S/C14H10F3N5O3/c15-14(16,17)7-1-2-8(11(5-7)22(24)25)13(23)21-10-3-4-20-12(19)9(10)6-18/h1-6,18H,(H3,19,20,21,23). The van der Waals surface area contributed by atoms with Gasteiger partial charge in [0, 0.05) is 18.5 Å². The molecule has 1 aromatic heterocycles. The van der Waals surface area contributed by atoms with Gasteiger partial charge in [0.05, 0.1) is 21.7 Å². The molecule has 0 atom stereocenters. The number of nitrogens with zero attached hydrogens (tertiary/aromatic N) is 2. The van der Waals surface area contributed by atoms with E-state index in [1.807, 2.05) is 0 Å². The number of anilines is 2. The third kappa shape index (κ3) is 3.71. The van der Waals surface area contributed by atoms with E-state index in [0.717, 1.165) is 6.21 Å². The maximum Gasteiger partial charge on any atom is 0.416 e. The van der Waals surface area contributed by atoms with Gasteiger partial charge in [0.25, 0.3) is 11.6 Å². The van der Waals surface area contributed by atoms with Crippen molar-refractivity contribution in [2.75, 3.05) is 11.1 Å². The normalized spacial score (nSPS) is 11.0. The van der Waals surface area contributed by atoms with Crippen molar-refractivity contribution in [2.45, 2.75) is 6.18 Å². The van der Waals surface area contributed by atoms with Crippen molar-refractivity contribution in [2.24, 2.45) is 0 Å². The van der Waals surface area contributed by atoms with Gasteiger partial charge >= 0.3 is 6.18 Å². The highest BCUT2D eigenvalue weighted by Gasteiger charge is 2.34. The Morgan fingerprint density at radius 1 is 1.36 bits per heavy atom. The van der Waals surface area contributed by atoms with Crippen LogP contribution in [0.5, 0.6) is 0 Å². The smallest absolute Gasteiger partial charge is 0.383 e. The van der Waals surface area contributed by atoms with Gasteiger partial charge in [0.2, 0.25) is 0 Å². The zero-order valence-electron chi connectivity index (χ0n) is 12.3. The molecule has 0 aliphatic heterocycles. The molecule has 11 heteroatoms. The molecule has 0 radical (unpaired) electrons. The van der Waals surface area contributed by atoms with Crippen molar-refractivity contribution < 1.29 is 22.9 Å². The van der Waals surface area contributed by atoms with Gasteiger partial charge in [0.1, 0.15) is 11.4 Å². The molecule has 0 aliphatic carbocycles. The van der Waals surface area contributed by atoms with Crippen LogP contribution in [-0.2, 0) is 6.18 Å². The number of nitrogen functional groups attached to an aromatic ring is 1. The molecule has 4 N–H and O–H groups in total. The number of carbonyl (C=O) groups excluding carboxylic acids is 1. The number of amides is 1. The number of nitrogens with one attached hydrogen (secondary N) is 2. The van der Waals surface area contributed by atoms with Gasteiger partial charge < -0.3 is 16.5 Å². The predicted octanol–water partition coefficient (Wildman–Crippen LogP) is 2.84. The van der Waals surface area contributed by atoms with Crippen LogP contribution < -0.4 is 11.1 Å². The van der Waals surface area contributed by atoms with E-state index in [9.17, 15) is 28.1 Å². The monoisotopic (exact) mass is 353 g/mol. The Morgan fingerprint density at radius 2 is 2.04 bits per heavy atom. The Labute approximate surface area is 138 Å². The van der Waals surface area contributed by atoms with E-state index in [1.165, 1.54) is 12.3 Å². The average Bonchev–Trinajstić information content (AvgIpc) is 2.53. The van der Waals surface area contributed by atoms with E-state index in [4.69, 9.17) is 11.1 Å². The zero-order chi connectivity index (χ0) is 18.8. The zero-order valence-corrected chi connectivity index (χ0v) is 12.3.